The first-order valence-electron chi connectivity index (χ1n) is 7.93. The second-order valence-corrected chi connectivity index (χ2v) is 5.95. The third-order valence-electron chi connectivity index (χ3n) is 4.16. The maximum atomic E-state index is 12.8. The molecule has 5 nitrogen and oxygen atoms in total. The third-order valence-corrected chi connectivity index (χ3v) is 4.16. The summed E-state index contributed by atoms with van der Waals surface area (Å²) in [6.07, 6.45) is -1.90. The molecule has 0 saturated carbocycles. The molecule has 24 heavy (non-hydrogen) atoms. The van der Waals surface area contributed by atoms with Crippen molar-refractivity contribution in [2.45, 2.75) is 39.2 Å². The van der Waals surface area contributed by atoms with Gasteiger partial charge in [-0.1, -0.05) is 12.1 Å². The van der Waals surface area contributed by atoms with Crippen molar-refractivity contribution in [3.8, 4) is 0 Å². The number of benzene rings is 1. The summed E-state index contributed by atoms with van der Waals surface area (Å²) in [6, 6.07) is 5.45. The van der Waals surface area contributed by atoms with E-state index in [1.165, 1.54) is 0 Å². The Balaban J connectivity index is 2.02. The summed E-state index contributed by atoms with van der Waals surface area (Å²) in [7, 11) is 0. The lowest BCUT2D eigenvalue weighted by Gasteiger charge is -2.24. The molecule has 0 aliphatic carbocycles. The van der Waals surface area contributed by atoms with Gasteiger partial charge in [-0.25, -0.2) is 0 Å². The minimum atomic E-state index is -3.14. The fourth-order valence-electron chi connectivity index (χ4n) is 2.65. The predicted octanol–water partition coefficient (Wildman–Crippen LogP) is 2.51. The standard InChI is InChI=1S/C17H22F2N2O3/c1-11-5-3-7-14(12(11)2)20-15(22)10-21(17(23)16(18)19)9-13-6-4-8-24-13/h3,5,7,13,16H,4,6,8-10H2,1-2H3,(H,20,22). The van der Waals surface area contributed by atoms with Gasteiger partial charge >= 0.3 is 6.43 Å². The van der Waals surface area contributed by atoms with Gasteiger partial charge in [0.15, 0.2) is 0 Å². The van der Waals surface area contributed by atoms with Crippen molar-refractivity contribution < 1.29 is 23.1 Å². The molecule has 2 rings (SSSR count). The zero-order chi connectivity index (χ0) is 17.7. The molecule has 132 valence electrons. The number of aryl methyl sites for hydroxylation is 1. The molecular weight excluding hydrogens is 318 g/mol. The lowest BCUT2D eigenvalue weighted by Crippen LogP contribution is -2.44. The van der Waals surface area contributed by atoms with Gasteiger partial charge in [0.05, 0.1) is 6.10 Å². The van der Waals surface area contributed by atoms with E-state index in [0.717, 1.165) is 22.4 Å². The minimum Gasteiger partial charge on any atom is -0.376 e. The number of alkyl halides is 2. The van der Waals surface area contributed by atoms with Crippen molar-refractivity contribution in [3.05, 3.63) is 29.3 Å². The number of hydrogen-bond donors (Lipinski definition) is 1. The Kier molecular flexibility index (Phi) is 6.25. The highest BCUT2D eigenvalue weighted by molar-refractivity contribution is 5.95. The minimum absolute atomic E-state index is 0.00337. The molecule has 1 fully saturated rings. The van der Waals surface area contributed by atoms with Gasteiger partial charge in [0.2, 0.25) is 5.91 Å². The fraction of sp³-hybridized carbons (Fsp3) is 0.529. The summed E-state index contributed by atoms with van der Waals surface area (Å²) in [5, 5.41) is 2.68. The molecule has 1 aliphatic heterocycles. The Bertz CT molecular complexity index is 601. The van der Waals surface area contributed by atoms with Gasteiger partial charge in [-0.3, -0.25) is 9.59 Å². The molecule has 0 radical (unpaired) electrons. The summed E-state index contributed by atoms with van der Waals surface area (Å²) in [4.78, 5) is 24.8. The SMILES string of the molecule is Cc1cccc(NC(=O)CN(CC2CCCO2)C(=O)C(F)F)c1C. The zero-order valence-corrected chi connectivity index (χ0v) is 13.9. The van der Waals surface area contributed by atoms with E-state index in [1.54, 1.807) is 12.1 Å². The summed E-state index contributed by atoms with van der Waals surface area (Å²) >= 11 is 0. The van der Waals surface area contributed by atoms with E-state index in [9.17, 15) is 18.4 Å². The average Bonchev–Trinajstić information content (AvgIpc) is 3.03. The van der Waals surface area contributed by atoms with Gasteiger partial charge in [-0.05, 0) is 43.9 Å². The Morgan fingerprint density at radius 1 is 1.38 bits per heavy atom. The summed E-state index contributed by atoms with van der Waals surface area (Å²) in [5.41, 5.74) is 2.52. The molecule has 1 aromatic carbocycles. The molecule has 1 N–H and O–H groups in total. The van der Waals surface area contributed by atoms with Gasteiger partial charge in [0, 0.05) is 18.8 Å². The van der Waals surface area contributed by atoms with E-state index in [1.807, 2.05) is 19.9 Å². The van der Waals surface area contributed by atoms with Gasteiger partial charge in [0.1, 0.15) is 6.54 Å². The van der Waals surface area contributed by atoms with Crippen LogP contribution < -0.4 is 5.32 Å². The Morgan fingerprint density at radius 2 is 2.12 bits per heavy atom. The normalized spacial score (nSPS) is 17.1. The zero-order valence-electron chi connectivity index (χ0n) is 13.9. The molecule has 0 spiro atoms. The van der Waals surface area contributed by atoms with E-state index in [4.69, 9.17) is 4.74 Å². The Hall–Kier alpha value is -2.02. The number of hydrogen-bond acceptors (Lipinski definition) is 3. The monoisotopic (exact) mass is 340 g/mol. The highest BCUT2D eigenvalue weighted by atomic mass is 19.3. The van der Waals surface area contributed by atoms with E-state index < -0.39 is 24.8 Å². The molecular formula is C17H22F2N2O3. The van der Waals surface area contributed by atoms with Crippen LogP contribution in [0, 0.1) is 13.8 Å². The quantitative estimate of drug-likeness (QED) is 0.866. The molecule has 7 heteroatoms. The van der Waals surface area contributed by atoms with Crippen LogP contribution in [0.4, 0.5) is 14.5 Å². The number of nitrogens with zero attached hydrogens (tertiary/aromatic N) is 1. The van der Waals surface area contributed by atoms with Gasteiger partial charge in [-0.2, -0.15) is 8.78 Å². The lowest BCUT2D eigenvalue weighted by atomic mass is 10.1. The number of anilines is 1. The van der Waals surface area contributed by atoms with Crippen molar-refractivity contribution >= 4 is 17.5 Å². The Morgan fingerprint density at radius 3 is 2.75 bits per heavy atom. The molecule has 1 aromatic rings. The molecule has 1 aliphatic rings. The van der Waals surface area contributed by atoms with Crippen LogP contribution >= 0.6 is 0 Å². The van der Waals surface area contributed by atoms with E-state index in [0.29, 0.717) is 18.7 Å². The fourth-order valence-corrected chi connectivity index (χ4v) is 2.65. The first-order chi connectivity index (χ1) is 11.4. The number of nitrogens with one attached hydrogen (secondary N) is 1. The van der Waals surface area contributed by atoms with Gasteiger partial charge < -0.3 is 15.0 Å². The second kappa shape index (κ2) is 8.19. The highest BCUT2D eigenvalue weighted by Gasteiger charge is 2.29. The number of carbonyl (C=O) groups is 2. The Labute approximate surface area is 140 Å². The largest absolute Gasteiger partial charge is 0.376 e. The van der Waals surface area contributed by atoms with Crippen molar-refractivity contribution in [2.75, 3.05) is 25.0 Å². The second-order valence-electron chi connectivity index (χ2n) is 5.95. The molecule has 0 bridgehead atoms. The van der Waals surface area contributed by atoms with E-state index in [-0.39, 0.29) is 12.6 Å². The molecule has 1 atom stereocenters. The molecule has 1 heterocycles. The summed E-state index contributed by atoms with van der Waals surface area (Å²) in [5.74, 6) is -1.85. The molecule has 2 amide bonds. The van der Waals surface area contributed by atoms with Gasteiger partial charge in [-0.15, -0.1) is 0 Å². The maximum Gasteiger partial charge on any atom is 0.315 e. The van der Waals surface area contributed by atoms with Crippen molar-refractivity contribution in [1.29, 1.82) is 0 Å². The highest BCUT2D eigenvalue weighted by Crippen LogP contribution is 2.18. The van der Waals surface area contributed by atoms with Crippen molar-refractivity contribution in [3.63, 3.8) is 0 Å². The number of amides is 2. The summed E-state index contributed by atoms with van der Waals surface area (Å²) < 4.78 is 30.9. The van der Waals surface area contributed by atoms with Crippen LogP contribution in [-0.4, -0.2) is 48.9 Å². The van der Waals surface area contributed by atoms with Crippen molar-refractivity contribution in [1.82, 2.24) is 4.90 Å². The number of halogens is 2. The summed E-state index contributed by atoms with van der Waals surface area (Å²) in [6.45, 7) is 3.91. The van der Waals surface area contributed by atoms with Crippen LogP contribution in [0.5, 0.6) is 0 Å². The van der Waals surface area contributed by atoms with E-state index in [2.05, 4.69) is 5.32 Å². The van der Waals surface area contributed by atoms with E-state index >= 15 is 0 Å². The van der Waals surface area contributed by atoms with Crippen LogP contribution in [0.15, 0.2) is 18.2 Å². The van der Waals surface area contributed by atoms with Crippen LogP contribution in [-0.2, 0) is 14.3 Å². The van der Waals surface area contributed by atoms with Crippen molar-refractivity contribution in [2.24, 2.45) is 0 Å². The first-order valence-corrected chi connectivity index (χ1v) is 7.93. The number of rotatable bonds is 6. The van der Waals surface area contributed by atoms with Crippen LogP contribution in [0.2, 0.25) is 0 Å². The van der Waals surface area contributed by atoms with Crippen LogP contribution in [0.3, 0.4) is 0 Å². The van der Waals surface area contributed by atoms with Crippen LogP contribution in [0.25, 0.3) is 0 Å². The van der Waals surface area contributed by atoms with Crippen LogP contribution in [0.1, 0.15) is 24.0 Å². The predicted molar refractivity (Wildman–Crippen MR) is 86.1 cm³/mol. The number of carbonyl (C=O) groups excluding carboxylic acids is 2. The van der Waals surface area contributed by atoms with Gasteiger partial charge in [0.25, 0.3) is 5.91 Å². The smallest absolute Gasteiger partial charge is 0.315 e. The first kappa shape index (κ1) is 18.3. The average molecular weight is 340 g/mol. The molecule has 1 unspecified atom stereocenters. The topological polar surface area (TPSA) is 58.6 Å². The molecule has 0 aromatic heterocycles. The number of ether oxygens (including phenoxy) is 1. The lowest BCUT2D eigenvalue weighted by molar-refractivity contribution is -0.146. The maximum absolute atomic E-state index is 12.8. The third kappa shape index (κ3) is 4.74. The molecule has 1 saturated heterocycles.